The van der Waals surface area contributed by atoms with Crippen molar-refractivity contribution in [3.05, 3.63) is 47.5 Å². The summed E-state index contributed by atoms with van der Waals surface area (Å²) in [5, 5.41) is 0. The van der Waals surface area contributed by atoms with Crippen LogP contribution in [0.2, 0.25) is 0 Å². The van der Waals surface area contributed by atoms with Gasteiger partial charge < -0.3 is 18.9 Å². The van der Waals surface area contributed by atoms with Crippen molar-refractivity contribution in [2.75, 3.05) is 27.0 Å². The van der Waals surface area contributed by atoms with E-state index in [-0.39, 0.29) is 18.9 Å². The number of ether oxygens (including phenoxy) is 4. The topological polar surface area (TPSA) is 40.2 Å². The van der Waals surface area contributed by atoms with Gasteiger partial charge in [0.1, 0.15) is 11.5 Å². The lowest BCUT2D eigenvalue weighted by molar-refractivity contribution is -0.0178. The molecule has 0 amide bonds. The highest BCUT2D eigenvalue weighted by Crippen LogP contribution is 2.50. The lowest BCUT2D eigenvalue weighted by Gasteiger charge is -2.42. The maximum atomic E-state index is 6.52. The molecule has 3 aliphatic rings. The van der Waals surface area contributed by atoms with E-state index >= 15 is 0 Å². The van der Waals surface area contributed by atoms with E-state index in [1.54, 1.807) is 7.11 Å². The Morgan fingerprint density at radius 3 is 2.37 bits per heavy atom. The molecule has 142 valence electrons. The number of nitrogens with zero attached hydrogens (tertiary/aromatic N) is 1. The van der Waals surface area contributed by atoms with Crippen LogP contribution in [0.25, 0.3) is 0 Å². The first-order chi connectivity index (χ1) is 13.2. The first-order valence-electron chi connectivity index (χ1n) is 9.73. The van der Waals surface area contributed by atoms with Crippen molar-refractivity contribution in [3.63, 3.8) is 0 Å². The first-order valence-corrected chi connectivity index (χ1v) is 9.73. The molecule has 0 N–H and O–H groups in total. The number of hydrogen-bond donors (Lipinski definition) is 0. The maximum absolute atomic E-state index is 6.52. The van der Waals surface area contributed by atoms with Crippen LogP contribution in [0.4, 0.5) is 0 Å². The van der Waals surface area contributed by atoms with Crippen LogP contribution in [0.15, 0.2) is 36.4 Å². The minimum Gasteiger partial charge on any atom is -0.497 e. The van der Waals surface area contributed by atoms with Gasteiger partial charge in [0, 0.05) is 36.6 Å². The van der Waals surface area contributed by atoms with Crippen LogP contribution in [-0.4, -0.2) is 38.1 Å². The molecule has 5 rings (SSSR count). The molecule has 5 nitrogen and oxygen atoms in total. The van der Waals surface area contributed by atoms with Gasteiger partial charge >= 0.3 is 0 Å². The van der Waals surface area contributed by atoms with E-state index in [0.29, 0.717) is 5.92 Å². The van der Waals surface area contributed by atoms with E-state index in [0.717, 1.165) is 36.1 Å². The average Bonchev–Trinajstić information content (AvgIpc) is 3.38. The molecule has 0 aliphatic carbocycles. The zero-order valence-corrected chi connectivity index (χ0v) is 15.8. The SMILES string of the molecule is COc1ccc(C2c3cc4c(cc3OC(N3CCCC3)C2C)OCO4)cc1. The fourth-order valence-electron chi connectivity index (χ4n) is 4.67. The molecule has 3 atom stereocenters. The van der Waals surface area contributed by atoms with Gasteiger partial charge in [-0.25, -0.2) is 0 Å². The lowest BCUT2D eigenvalue weighted by Crippen LogP contribution is -2.46. The molecule has 1 fully saturated rings. The summed E-state index contributed by atoms with van der Waals surface area (Å²) >= 11 is 0. The summed E-state index contributed by atoms with van der Waals surface area (Å²) in [6.45, 7) is 4.77. The maximum Gasteiger partial charge on any atom is 0.231 e. The molecule has 1 saturated heterocycles. The summed E-state index contributed by atoms with van der Waals surface area (Å²) in [6, 6.07) is 12.5. The predicted octanol–water partition coefficient (Wildman–Crippen LogP) is 4.01. The minimum absolute atomic E-state index is 0.0764. The Morgan fingerprint density at radius 1 is 0.963 bits per heavy atom. The Labute approximate surface area is 159 Å². The van der Waals surface area contributed by atoms with Gasteiger partial charge in [0.25, 0.3) is 0 Å². The molecule has 2 aromatic rings. The van der Waals surface area contributed by atoms with Crippen molar-refractivity contribution >= 4 is 0 Å². The van der Waals surface area contributed by atoms with Gasteiger partial charge in [-0.15, -0.1) is 0 Å². The highest BCUT2D eigenvalue weighted by molar-refractivity contribution is 5.56. The van der Waals surface area contributed by atoms with Crippen molar-refractivity contribution < 1.29 is 18.9 Å². The highest BCUT2D eigenvalue weighted by atomic mass is 16.7. The Bertz CT molecular complexity index is 829. The Morgan fingerprint density at radius 2 is 1.67 bits per heavy atom. The molecular formula is C22H25NO4. The zero-order chi connectivity index (χ0) is 18.4. The summed E-state index contributed by atoms with van der Waals surface area (Å²) in [5.41, 5.74) is 2.45. The molecule has 3 heterocycles. The van der Waals surface area contributed by atoms with Crippen LogP contribution >= 0.6 is 0 Å². The number of benzene rings is 2. The molecule has 5 heteroatoms. The van der Waals surface area contributed by atoms with Crippen LogP contribution in [0.1, 0.15) is 36.8 Å². The number of methoxy groups -OCH3 is 1. The number of likely N-dealkylation sites (tertiary alicyclic amines) is 1. The molecule has 0 radical (unpaired) electrons. The van der Waals surface area contributed by atoms with Gasteiger partial charge in [0.15, 0.2) is 17.7 Å². The average molecular weight is 367 g/mol. The third kappa shape index (κ3) is 2.81. The van der Waals surface area contributed by atoms with Gasteiger partial charge in [-0.2, -0.15) is 0 Å². The van der Waals surface area contributed by atoms with E-state index in [9.17, 15) is 0 Å². The Hall–Kier alpha value is -2.40. The number of fused-ring (bicyclic) bond motifs is 2. The summed E-state index contributed by atoms with van der Waals surface area (Å²) in [5.74, 6) is 3.93. The molecule has 3 unspecified atom stereocenters. The van der Waals surface area contributed by atoms with Crippen LogP contribution in [-0.2, 0) is 0 Å². The van der Waals surface area contributed by atoms with Gasteiger partial charge in [0.05, 0.1) is 7.11 Å². The minimum atomic E-state index is 0.0764. The Balaban J connectivity index is 1.60. The normalized spacial score (nSPS) is 26.5. The number of hydrogen-bond acceptors (Lipinski definition) is 5. The first kappa shape index (κ1) is 16.8. The molecular weight excluding hydrogens is 342 g/mol. The van der Waals surface area contributed by atoms with Crippen LogP contribution in [0.5, 0.6) is 23.0 Å². The van der Waals surface area contributed by atoms with E-state index in [1.165, 1.54) is 24.0 Å². The second-order valence-electron chi connectivity index (χ2n) is 7.60. The van der Waals surface area contributed by atoms with Crippen LogP contribution in [0, 0.1) is 5.92 Å². The summed E-state index contributed by atoms with van der Waals surface area (Å²) in [6.07, 6.45) is 2.56. The summed E-state index contributed by atoms with van der Waals surface area (Å²) in [7, 11) is 1.70. The number of rotatable bonds is 3. The Kier molecular flexibility index (Phi) is 4.12. The molecule has 0 saturated carbocycles. The monoisotopic (exact) mass is 367 g/mol. The van der Waals surface area contributed by atoms with E-state index < -0.39 is 0 Å². The van der Waals surface area contributed by atoms with E-state index in [1.807, 2.05) is 18.2 Å². The second kappa shape index (κ2) is 6.64. The molecule has 0 aromatic heterocycles. The largest absolute Gasteiger partial charge is 0.497 e. The van der Waals surface area contributed by atoms with Crippen molar-refractivity contribution in [2.24, 2.45) is 5.92 Å². The summed E-state index contributed by atoms with van der Waals surface area (Å²) in [4.78, 5) is 2.48. The van der Waals surface area contributed by atoms with Crippen molar-refractivity contribution in [1.82, 2.24) is 4.90 Å². The summed E-state index contributed by atoms with van der Waals surface area (Å²) < 4.78 is 23.1. The van der Waals surface area contributed by atoms with Crippen molar-refractivity contribution in [1.29, 1.82) is 0 Å². The highest BCUT2D eigenvalue weighted by Gasteiger charge is 2.41. The smallest absolute Gasteiger partial charge is 0.231 e. The standard InChI is InChI=1S/C22H25NO4/c1-14-21(15-5-7-16(24-2)8-6-15)17-11-19-20(26-13-25-19)12-18(17)27-22(14)23-9-3-4-10-23/h5-8,11-12,14,21-22H,3-4,9-10,13H2,1-2H3. The molecule has 0 bridgehead atoms. The molecule has 2 aromatic carbocycles. The third-order valence-corrected chi connectivity index (χ3v) is 6.04. The predicted molar refractivity (Wildman–Crippen MR) is 102 cm³/mol. The third-order valence-electron chi connectivity index (χ3n) is 6.04. The van der Waals surface area contributed by atoms with Gasteiger partial charge in [-0.3, -0.25) is 4.90 Å². The van der Waals surface area contributed by atoms with Gasteiger partial charge in [0.2, 0.25) is 6.79 Å². The molecule has 27 heavy (non-hydrogen) atoms. The molecule has 3 aliphatic heterocycles. The zero-order valence-electron chi connectivity index (χ0n) is 15.8. The van der Waals surface area contributed by atoms with Crippen molar-refractivity contribution in [3.8, 4) is 23.0 Å². The molecule has 0 spiro atoms. The second-order valence-corrected chi connectivity index (χ2v) is 7.60. The van der Waals surface area contributed by atoms with Gasteiger partial charge in [-0.05, 0) is 36.6 Å². The van der Waals surface area contributed by atoms with Gasteiger partial charge in [-0.1, -0.05) is 19.1 Å². The lowest BCUT2D eigenvalue weighted by atomic mass is 9.78. The fraction of sp³-hybridized carbons (Fsp3) is 0.455. The van der Waals surface area contributed by atoms with E-state index in [4.69, 9.17) is 18.9 Å². The van der Waals surface area contributed by atoms with Crippen molar-refractivity contribution in [2.45, 2.75) is 31.9 Å². The van der Waals surface area contributed by atoms with Crippen LogP contribution < -0.4 is 18.9 Å². The van der Waals surface area contributed by atoms with Crippen LogP contribution in [0.3, 0.4) is 0 Å². The fourth-order valence-corrected chi connectivity index (χ4v) is 4.67. The quantitative estimate of drug-likeness (QED) is 0.820. The van der Waals surface area contributed by atoms with E-state index in [2.05, 4.69) is 30.0 Å².